The van der Waals surface area contributed by atoms with Crippen LogP contribution >= 0.6 is 0 Å². The third-order valence-corrected chi connectivity index (χ3v) is 9.14. The standard InChI is InChI=1S/C28H39F2N3O4S/c1-32(2)28(23-5-4-6-25(30)19-23)22-9-7-21(8-10-22)15-16-31-27(34)20-37-18-17-33(3)38(35,36)26-13-11-24(29)12-14-26/h4-6,11-14,19,21-22,28H,7-10,15-18,20H2,1-3H3,(H,31,34). The molecule has 3 rings (SSSR count). The first kappa shape index (κ1) is 30.1. The van der Waals surface area contributed by atoms with E-state index in [0.717, 1.165) is 54.1 Å². The van der Waals surface area contributed by atoms with E-state index in [2.05, 4.69) is 10.2 Å². The Morgan fingerprint density at radius 2 is 1.71 bits per heavy atom. The Kier molecular flexibility index (Phi) is 11.2. The van der Waals surface area contributed by atoms with Gasteiger partial charge in [0, 0.05) is 26.2 Å². The molecule has 1 unspecified atom stereocenters. The summed E-state index contributed by atoms with van der Waals surface area (Å²) in [5, 5.41) is 2.88. The average molecular weight is 552 g/mol. The Hall–Kier alpha value is -2.40. The normalized spacial score (nSPS) is 19.0. The number of benzene rings is 2. The zero-order chi connectivity index (χ0) is 27.7. The molecule has 0 spiro atoms. The predicted octanol–water partition coefficient (Wildman–Crippen LogP) is 4.22. The smallest absolute Gasteiger partial charge is 0.245 e. The van der Waals surface area contributed by atoms with Crippen LogP contribution < -0.4 is 5.32 Å². The number of ether oxygens (including phenoxy) is 1. The Morgan fingerprint density at radius 1 is 1.03 bits per heavy atom. The first-order valence-electron chi connectivity index (χ1n) is 13.1. The van der Waals surface area contributed by atoms with Crippen molar-refractivity contribution in [3.8, 4) is 0 Å². The molecule has 0 radical (unpaired) electrons. The van der Waals surface area contributed by atoms with E-state index in [1.54, 1.807) is 12.1 Å². The maximum Gasteiger partial charge on any atom is 0.245 e. The molecule has 0 heterocycles. The fourth-order valence-corrected chi connectivity index (χ4v) is 6.36. The van der Waals surface area contributed by atoms with Gasteiger partial charge in [0.2, 0.25) is 15.9 Å². The van der Waals surface area contributed by atoms with Crippen LogP contribution in [-0.4, -0.2) is 71.0 Å². The minimum atomic E-state index is -3.75. The van der Waals surface area contributed by atoms with Crippen molar-refractivity contribution in [3.05, 3.63) is 65.7 Å². The molecule has 7 nitrogen and oxygen atoms in total. The zero-order valence-electron chi connectivity index (χ0n) is 22.4. The Balaban J connectivity index is 1.32. The molecule has 1 aliphatic carbocycles. The number of sulfonamides is 1. The number of hydrogen-bond donors (Lipinski definition) is 1. The number of likely N-dealkylation sites (N-methyl/N-ethyl adjacent to an activating group) is 1. The van der Waals surface area contributed by atoms with Crippen molar-refractivity contribution in [2.75, 3.05) is 47.4 Å². The molecule has 0 aromatic heterocycles. The molecule has 1 atom stereocenters. The van der Waals surface area contributed by atoms with Crippen LogP contribution in [0.25, 0.3) is 0 Å². The van der Waals surface area contributed by atoms with Crippen LogP contribution in [-0.2, 0) is 19.6 Å². The van der Waals surface area contributed by atoms with Crippen molar-refractivity contribution in [1.29, 1.82) is 0 Å². The number of nitrogens with zero attached hydrogens (tertiary/aromatic N) is 2. The molecule has 0 saturated heterocycles. The molecule has 210 valence electrons. The Bertz CT molecular complexity index is 1140. The number of carbonyl (C=O) groups excluding carboxylic acids is 1. The molecule has 1 saturated carbocycles. The molecule has 1 aliphatic rings. The molecule has 1 amide bonds. The monoisotopic (exact) mass is 551 g/mol. The van der Waals surface area contributed by atoms with Gasteiger partial charge >= 0.3 is 0 Å². The van der Waals surface area contributed by atoms with Gasteiger partial charge < -0.3 is 15.0 Å². The number of hydrogen-bond acceptors (Lipinski definition) is 5. The highest BCUT2D eigenvalue weighted by Crippen LogP contribution is 2.40. The summed E-state index contributed by atoms with van der Waals surface area (Å²) in [6, 6.07) is 11.7. The van der Waals surface area contributed by atoms with Crippen LogP contribution in [0.1, 0.15) is 43.7 Å². The van der Waals surface area contributed by atoms with E-state index in [1.807, 2.05) is 20.2 Å². The lowest BCUT2D eigenvalue weighted by Gasteiger charge is -2.37. The fourth-order valence-electron chi connectivity index (χ4n) is 5.21. The Morgan fingerprint density at radius 3 is 2.34 bits per heavy atom. The lowest BCUT2D eigenvalue weighted by Crippen LogP contribution is -2.34. The summed E-state index contributed by atoms with van der Waals surface area (Å²) in [4.78, 5) is 14.3. The first-order valence-corrected chi connectivity index (χ1v) is 14.5. The molecule has 2 aromatic rings. The average Bonchev–Trinajstić information content (AvgIpc) is 2.87. The lowest BCUT2D eigenvalue weighted by atomic mass is 9.75. The van der Waals surface area contributed by atoms with Crippen LogP contribution in [0, 0.1) is 23.5 Å². The van der Waals surface area contributed by atoms with Gasteiger partial charge in [0.15, 0.2) is 0 Å². The van der Waals surface area contributed by atoms with Gasteiger partial charge in [-0.2, -0.15) is 4.31 Å². The van der Waals surface area contributed by atoms with Gasteiger partial charge in [-0.15, -0.1) is 0 Å². The van der Waals surface area contributed by atoms with E-state index in [0.29, 0.717) is 18.4 Å². The van der Waals surface area contributed by atoms with Gasteiger partial charge in [-0.25, -0.2) is 17.2 Å². The lowest BCUT2D eigenvalue weighted by molar-refractivity contribution is -0.125. The minimum absolute atomic E-state index is 0.000579. The summed E-state index contributed by atoms with van der Waals surface area (Å²) in [7, 11) is 1.75. The van der Waals surface area contributed by atoms with Crippen molar-refractivity contribution in [2.45, 2.75) is 43.0 Å². The van der Waals surface area contributed by atoms with Gasteiger partial charge in [-0.3, -0.25) is 4.79 Å². The quantitative estimate of drug-likeness (QED) is 0.377. The summed E-state index contributed by atoms with van der Waals surface area (Å²) in [6.07, 6.45) is 5.17. The maximum atomic E-state index is 13.8. The van der Waals surface area contributed by atoms with Crippen molar-refractivity contribution >= 4 is 15.9 Å². The van der Waals surface area contributed by atoms with Gasteiger partial charge in [0.1, 0.15) is 18.2 Å². The van der Waals surface area contributed by atoms with Crippen molar-refractivity contribution < 1.29 is 26.7 Å². The Labute approximate surface area is 225 Å². The number of halogens is 2. The number of nitrogens with one attached hydrogen (secondary N) is 1. The molecule has 1 N–H and O–H groups in total. The summed E-state index contributed by atoms with van der Waals surface area (Å²) >= 11 is 0. The minimum Gasteiger partial charge on any atom is -0.370 e. The highest BCUT2D eigenvalue weighted by atomic mass is 32.2. The molecule has 0 aliphatic heterocycles. The fraction of sp³-hybridized carbons (Fsp3) is 0.536. The number of rotatable bonds is 13. The highest BCUT2D eigenvalue weighted by Gasteiger charge is 2.30. The van der Waals surface area contributed by atoms with Crippen LogP contribution in [0.4, 0.5) is 8.78 Å². The SMILES string of the molecule is CN(C)C(c1cccc(F)c1)C1CCC(CCNC(=O)COCCN(C)S(=O)(=O)c2ccc(F)cc2)CC1. The second kappa shape index (κ2) is 14.1. The topological polar surface area (TPSA) is 79.0 Å². The largest absolute Gasteiger partial charge is 0.370 e. The maximum absolute atomic E-state index is 13.8. The van der Waals surface area contributed by atoms with Crippen LogP contribution in [0.15, 0.2) is 53.4 Å². The van der Waals surface area contributed by atoms with E-state index in [-0.39, 0.29) is 42.4 Å². The summed E-state index contributed by atoms with van der Waals surface area (Å²) < 4.78 is 58.3. The van der Waals surface area contributed by atoms with E-state index >= 15 is 0 Å². The van der Waals surface area contributed by atoms with Crippen molar-refractivity contribution in [1.82, 2.24) is 14.5 Å². The second-order valence-corrected chi connectivity index (χ2v) is 12.3. The van der Waals surface area contributed by atoms with E-state index in [9.17, 15) is 22.0 Å². The van der Waals surface area contributed by atoms with Gasteiger partial charge in [0.05, 0.1) is 11.5 Å². The van der Waals surface area contributed by atoms with E-state index in [1.165, 1.54) is 25.2 Å². The van der Waals surface area contributed by atoms with Crippen LogP contribution in [0.3, 0.4) is 0 Å². The number of amides is 1. The third kappa shape index (κ3) is 8.56. The first-order chi connectivity index (χ1) is 18.1. The molecule has 10 heteroatoms. The molecule has 2 aromatic carbocycles. The van der Waals surface area contributed by atoms with Gasteiger partial charge in [-0.1, -0.05) is 25.0 Å². The summed E-state index contributed by atoms with van der Waals surface area (Å²) in [5.74, 6) is 0.0583. The van der Waals surface area contributed by atoms with Crippen molar-refractivity contribution in [3.63, 3.8) is 0 Å². The van der Waals surface area contributed by atoms with E-state index in [4.69, 9.17) is 4.74 Å². The third-order valence-electron chi connectivity index (χ3n) is 7.26. The zero-order valence-corrected chi connectivity index (χ0v) is 23.2. The van der Waals surface area contributed by atoms with Crippen molar-refractivity contribution in [2.24, 2.45) is 11.8 Å². The molecule has 38 heavy (non-hydrogen) atoms. The van der Waals surface area contributed by atoms with Crippen LogP contribution in [0.2, 0.25) is 0 Å². The van der Waals surface area contributed by atoms with Gasteiger partial charge in [-0.05, 0) is 87.2 Å². The summed E-state index contributed by atoms with van der Waals surface area (Å²) in [5.41, 5.74) is 1.02. The van der Waals surface area contributed by atoms with Crippen LogP contribution in [0.5, 0.6) is 0 Å². The number of carbonyl (C=O) groups is 1. The molecular weight excluding hydrogens is 512 g/mol. The second-order valence-electron chi connectivity index (χ2n) is 10.2. The molecule has 0 bridgehead atoms. The van der Waals surface area contributed by atoms with E-state index < -0.39 is 15.8 Å². The molecular formula is C28H39F2N3O4S. The predicted molar refractivity (Wildman–Crippen MR) is 143 cm³/mol. The van der Waals surface area contributed by atoms with Gasteiger partial charge in [0.25, 0.3) is 0 Å². The molecule has 1 fully saturated rings. The highest BCUT2D eigenvalue weighted by molar-refractivity contribution is 7.89. The summed E-state index contributed by atoms with van der Waals surface area (Å²) in [6.45, 7) is 0.555.